The van der Waals surface area contributed by atoms with Crippen LogP contribution >= 0.6 is 0 Å². The Morgan fingerprint density at radius 3 is 2.85 bits per heavy atom. The molecule has 3 aromatic rings. The Labute approximate surface area is 153 Å². The van der Waals surface area contributed by atoms with E-state index in [1.807, 2.05) is 24.5 Å². The van der Waals surface area contributed by atoms with Gasteiger partial charge in [-0.25, -0.2) is 14.5 Å². The molecule has 0 spiro atoms. The molecular weight excluding hydrogens is 328 g/mol. The van der Waals surface area contributed by atoms with Crippen LogP contribution in [-0.4, -0.2) is 25.4 Å². The molecule has 0 fully saturated rings. The summed E-state index contributed by atoms with van der Waals surface area (Å²) in [7, 11) is 0. The first-order valence-electron chi connectivity index (χ1n) is 8.68. The van der Waals surface area contributed by atoms with E-state index in [-0.39, 0.29) is 6.03 Å². The van der Waals surface area contributed by atoms with Crippen LogP contribution in [0.4, 0.5) is 10.6 Å². The van der Waals surface area contributed by atoms with E-state index in [1.165, 1.54) is 5.56 Å². The van der Waals surface area contributed by atoms with Gasteiger partial charge in [0.15, 0.2) is 0 Å². The maximum absolute atomic E-state index is 12.3. The number of amides is 2. The summed E-state index contributed by atoms with van der Waals surface area (Å²) < 4.78 is 3.80. The van der Waals surface area contributed by atoms with E-state index in [9.17, 15) is 4.79 Å². The maximum atomic E-state index is 12.3. The summed E-state index contributed by atoms with van der Waals surface area (Å²) in [6, 6.07) is 8.00. The molecule has 0 atom stereocenters. The van der Waals surface area contributed by atoms with Crippen molar-refractivity contribution in [1.29, 1.82) is 0 Å². The summed E-state index contributed by atoms with van der Waals surface area (Å²) in [4.78, 5) is 16.4. The summed E-state index contributed by atoms with van der Waals surface area (Å²) in [6.45, 7) is 7.88. The Hall–Kier alpha value is -3.09. The van der Waals surface area contributed by atoms with Gasteiger partial charge in [-0.3, -0.25) is 5.32 Å². The second kappa shape index (κ2) is 7.86. The molecule has 0 bridgehead atoms. The average Bonchev–Trinajstić information content (AvgIpc) is 3.21. The first-order chi connectivity index (χ1) is 12.6. The SMILES string of the molecule is CCn1cncc1CNC(=O)Nc1c(C)cnn1Cc1cccc(C)c1. The fourth-order valence-corrected chi connectivity index (χ4v) is 2.85. The fourth-order valence-electron chi connectivity index (χ4n) is 2.85. The smallest absolute Gasteiger partial charge is 0.320 e. The predicted molar refractivity (Wildman–Crippen MR) is 101 cm³/mol. The van der Waals surface area contributed by atoms with Gasteiger partial charge >= 0.3 is 6.03 Å². The van der Waals surface area contributed by atoms with Gasteiger partial charge in [0.05, 0.1) is 31.3 Å². The maximum Gasteiger partial charge on any atom is 0.320 e. The van der Waals surface area contributed by atoms with Crippen molar-refractivity contribution in [2.45, 2.75) is 40.4 Å². The van der Waals surface area contributed by atoms with Crippen LogP contribution in [0.2, 0.25) is 0 Å². The molecule has 7 heteroatoms. The lowest BCUT2D eigenvalue weighted by molar-refractivity contribution is 0.251. The number of nitrogens with one attached hydrogen (secondary N) is 2. The van der Waals surface area contributed by atoms with Gasteiger partial charge in [0.1, 0.15) is 5.82 Å². The molecule has 2 aromatic heterocycles. The van der Waals surface area contributed by atoms with Crippen molar-refractivity contribution in [3.05, 3.63) is 65.4 Å². The summed E-state index contributed by atoms with van der Waals surface area (Å²) in [5.74, 6) is 0.702. The molecule has 2 amide bonds. The number of carbonyl (C=O) groups excluding carboxylic acids is 1. The molecule has 26 heavy (non-hydrogen) atoms. The molecule has 2 heterocycles. The zero-order valence-electron chi connectivity index (χ0n) is 15.4. The van der Waals surface area contributed by atoms with Crippen LogP contribution in [0.1, 0.15) is 29.3 Å². The average molecular weight is 352 g/mol. The molecule has 0 aliphatic heterocycles. The van der Waals surface area contributed by atoms with Crippen LogP contribution in [0.5, 0.6) is 0 Å². The Balaban J connectivity index is 1.66. The highest BCUT2D eigenvalue weighted by Gasteiger charge is 2.12. The number of aryl methyl sites for hydroxylation is 3. The predicted octanol–water partition coefficient (Wildman–Crippen LogP) is 3.09. The number of urea groups is 1. The minimum atomic E-state index is -0.261. The lowest BCUT2D eigenvalue weighted by atomic mass is 10.1. The monoisotopic (exact) mass is 352 g/mol. The van der Waals surface area contributed by atoms with Gasteiger partial charge in [-0.05, 0) is 26.3 Å². The molecule has 136 valence electrons. The van der Waals surface area contributed by atoms with E-state index >= 15 is 0 Å². The quantitative estimate of drug-likeness (QED) is 0.716. The van der Waals surface area contributed by atoms with Crippen molar-refractivity contribution in [1.82, 2.24) is 24.6 Å². The van der Waals surface area contributed by atoms with E-state index in [0.29, 0.717) is 18.9 Å². The number of aromatic nitrogens is 4. The standard InChI is InChI=1S/C19H24N6O/c1-4-24-13-20-10-17(24)11-21-19(26)23-18-15(3)9-22-25(18)12-16-7-5-6-14(2)8-16/h5-10,13H,4,11-12H2,1-3H3,(H2,21,23,26). The van der Waals surface area contributed by atoms with Crippen LogP contribution in [0.15, 0.2) is 43.0 Å². The van der Waals surface area contributed by atoms with Gasteiger partial charge in [-0.2, -0.15) is 5.10 Å². The lowest BCUT2D eigenvalue weighted by Gasteiger charge is -2.12. The molecule has 0 saturated carbocycles. The summed E-state index contributed by atoms with van der Waals surface area (Å²) >= 11 is 0. The first-order valence-corrected chi connectivity index (χ1v) is 8.68. The highest BCUT2D eigenvalue weighted by atomic mass is 16.2. The van der Waals surface area contributed by atoms with Crippen LogP contribution in [0, 0.1) is 13.8 Å². The third-order valence-electron chi connectivity index (χ3n) is 4.24. The van der Waals surface area contributed by atoms with E-state index < -0.39 is 0 Å². The van der Waals surface area contributed by atoms with Crippen molar-refractivity contribution in [3.8, 4) is 0 Å². The fraction of sp³-hybridized carbons (Fsp3) is 0.316. The number of imidazole rings is 1. The number of hydrogen-bond donors (Lipinski definition) is 2. The van der Waals surface area contributed by atoms with Crippen molar-refractivity contribution >= 4 is 11.8 Å². The Morgan fingerprint density at radius 2 is 2.08 bits per heavy atom. The Kier molecular flexibility index (Phi) is 5.36. The van der Waals surface area contributed by atoms with Gasteiger partial charge in [-0.15, -0.1) is 0 Å². The van der Waals surface area contributed by atoms with Crippen molar-refractivity contribution in [3.63, 3.8) is 0 Å². The zero-order valence-corrected chi connectivity index (χ0v) is 15.4. The van der Waals surface area contributed by atoms with Gasteiger partial charge in [-0.1, -0.05) is 29.8 Å². The molecule has 0 unspecified atom stereocenters. The molecular formula is C19H24N6O. The third kappa shape index (κ3) is 4.11. The second-order valence-electron chi connectivity index (χ2n) is 6.30. The van der Waals surface area contributed by atoms with E-state index in [4.69, 9.17) is 0 Å². The summed E-state index contributed by atoms with van der Waals surface area (Å²) in [5.41, 5.74) is 4.23. The summed E-state index contributed by atoms with van der Waals surface area (Å²) in [6.07, 6.45) is 5.28. The van der Waals surface area contributed by atoms with Gasteiger partial charge < -0.3 is 9.88 Å². The molecule has 1 aromatic carbocycles. The molecule has 0 aliphatic rings. The van der Waals surface area contributed by atoms with Crippen LogP contribution in [0.25, 0.3) is 0 Å². The van der Waals surface area contributed by atoms with Crippen LogP contribution in [0.3, 0.4) is 0 Å². The topological polar surface area (TPSA) is 76.8 Å². The van der Waals surface area contributed by atoms with Gasteiger partial charge in [0.25, 0.3) is 0 Å². The largest absolute Gasteiger partial charge is 0.333 e. The molecule has 0 aliphatic carbocycles. The minimum Gasteiger partial charge on any atom is -0.333 e. The second-order valence-corrected chi connectivity index (χ2v) is 6.30. The number of nitrogens with zero attached hydrogens (tertiary/aromatic N) is 4. The third-order valence-corrected chi connectivity index (χ3v) is 4.24. The normalized spacial score (nSPS) is 10.7. The number of anilines is 1. The van der Waals surface area contributed by atoms with Gasteiger partial charge in [0.2, 0.25) is 0 Å². The van der Waals surface area contributed by atoms with Crippen LogP contribution < -0.4 is 10.6 Å². The number of rotatable bonds is 6. The van der Waals surface area contributed by atoms with E-state index in [1.54, 1.807) is 23.4 Å². The highest BCUT2D eigenvalue weighted by molar-refractivity contribution is 5.89. The van der Waals surface area contributed by atoms with E-state index in [2.05, 4.69) is 45.8 Å². The number of hydrogen-bond acceptors (Lipinski definition) is 3. The molecule has 0 radical (unpaired) electrons. The lowest BCUT2D eigenvalue weighted by Crippen LogP contribution is -2.30. The van der Waals surface area contributed by atoms with Crippen molar-refractivity contribution in [2.75, 3.05) is 5.32 Å². The molecule has 3 rings (SSSR count). The summed E-state index contributed by atoms with van der Waals surface area (Å²) in [5, 5.41) is 10.2. The van der Waals surface area contributed by atoms with Gasteiger partial charge in [0, 0.05) is 18.3 Å². The molecule has 0 saturated heterocycles. The minimum absolute atomic E-state index is 0.261. The first kappa shape index (κ1) is 17.7. The zero-order chi connectivity index (χ0) is 18.5. The van der Waals surface area contributed by atoms with E-state index in [0.717, 1.165) is 23.4 Å². The Morgan fingerprint density at radius 1 is 1.23 bits per heavy atom. The van der Waals surface area contributed by atoms with Crippen molar-refractivity contribution < 1.29 is 4.79 Å². The Bertz CT molecular complexity index is 895. The number of carbonyl (C=O) groups is 1. The van der Waals surface area contributed by atoms with Crippen LogP contribution in [-0.2, 0) is 19.6 Å². The molecule has 7 nitrogen and oxygen atoms in total. The highest BCUT2D eigenvalue weighted by Crippen LogP contribution is 2.16. The van der Waals surface area contributed by atoms with Crippen molar-refractivity contribution in [2.24, 2.45) is 0 Å². The molecule has 2 N–H and O–H groups in total. The number of benzene rings is 1.